The Kier molecular flexibility index (Phi) is 3.84. The summed E-state index contributed by atoms with van der Waals surface area (Å²) in [7, 11) is 0. The summed E-state index contributed by atoms with van der Waals surface area (Å²) in [5.74, 6) is -1.000. The molecule has 4 nitrogen and oxygen atoms in total. The van der Waals surface area contributed by atoms with Crippen molar-refractivity contribution in [3.63, 3.8) is 0 Å². The molecule has 18 heavy (non-hydrogen) atoms. The molecule has 0 atom stereocenters. The minimum atomic E-state index is -1.000. The summed E-state index contributed by atoms with van der Waals surface area (Å²) < 4.78 is 0. The van der Waals surface area contributed by atoms with Crippen LogP contribution in [0.15, 0.2) is 40.6 Å². The number of aromatic carboxylic acids is 1. The Morgan fingerprint density at radius 1 is 1.33 bits per heavy atom. The second kappa shape index (κ2) is 5.37. The topological polar surface area (TPSA) is 63.1 Å². The molecule has 0 spiro atoms. The van der Waals surface area contributed by atoms with Crippen molar-refractivity contribution in [2.24, 2.45) is 0 Å². The Hall–Kier alpha value is -1.59. The molecule has 0 bridgehead atoms. The zero-order valence-electron chi connectivity index (χ0n) is 9.42. The van der Waals surface area contributed by atoms with Gasteiger partial charge in [-0.25, -0.2) is 14.8 Å². The fourth-order valence-corrected chi connectivity index (χ4v) is 2.24. The van der Waals surface area contributed by atoms with Crippen molar-refractivity contribution in [3.8, 4) is 0 Å². The third-order valence-corrected chi connectivity index (χ3v) is 3.53. The van der Waals surface area contributed by atoms with Crippen molar-refractivity contribution < 1.29 is 9.90 Å². The molecular weight excluding hydrogens is 272 g/mol. The van der Waals surface area contributed by atoms with Gasteiger partial charge in [-0.15, -0.1) is 0 Å². The monoisotopic (exact) mass is 280 g/mol. The predicted octanol–water partition coefficient (Wildman–Crippen LogP) is 3.29. The number of aromatic nitrogens is 2. The lowest BCUT2D eigenvalue weighted by molar-refractivity contribution is 0.0697. The quantitative estimate of drug-likeness (QED) is 0.874. The maximum absolute atomic E-state index is 10.8. The zero-order valence-corrected chi connectivity index (χ0v) is 11.0. The highest BCUT2D eigenvalue weighted by Gasteiger charge is 2.09. The van der Waals surface area contributed by atoms with Crippen LogP contribution < -0.4 is 0 Å². The van der Waals surface area contributed by atoms with E-state index in [1.807, 2.05) is 6.92 Å². The van der Waals surface area contributed by atoms with E-state index in [4.69, 9.17) is 16.7 Å². The number of aryl methyl sites for hydroxylation is 1. The highest BCUT2D eigenvalue weighted by atomic mass is 35.5. The predicted molar refractivity (Wildman–Crippen MR) is 69.3 cm³/mol. The Balaban J connectivity index is 2.24. The average molecular weight is 281 g/mol. The number of rotatable bonds is 3. The van der Waals surface area contributed by atoms with Crippen molar-refractivity contribution in [2.45, 2.75) is 17.0 Å². The molecule has 2 rings (SSSR count). The third-order valence-electron chi connectivity index (χ3n) is 2.14. The molecule has 1 aromatic heterocycles. The van der Waals surface area contributed by atoms with E-state index in [0.29, 0.717) is 10.2 Å². The van der Waals surface area contributed by atoms with Gasteiger partial charge in [0, 0.05) is 17.3 Å². The van der Waals surface area contributed by atoms with E-state index >= 15 is 0 Å². The van der Waals surface area contributed by atoms with E-state index in [1.54, 1.807) is 18.5 Å². The Labute approximate surface area is 113 Å². The SMILES string of the molecule is Cc1cnc(Sc2ccc(C(=O)O)cc2Cl)nc1. The molecule has 0 aliphatic heterocycles. The maximum atomic E-state index is 10.8. The van der Waals surface area contributed by atoms with Crippen LogP contribution in [0.2, 0.25) is 5.02 Å². The summed E-state index contributed by atoms with van der Waals surface area (Å²) in [5, 5.41) is 9.78. The molecule has 0 unspecified atom stereocenters. The van der Waals surface area contributed by atoms with Gasteiger partial charge in [0.2, 0.25) is 0 Å². The molecule has 2 aromatic rings. The van der Waals surface area contributed by atoms with Crippen molar-refractivity contribution in [2.75, 3.05) is 0 Å². The van der Waals surface area contributed by atoms with Gasteiger partial charge in [0.1, 0.15) is 0 Å². The summed E-state index contributed by atoms with van der Waals surface area (Å²) in [4.78, 5) is 19.8. The van der Waals surface area contributed by atoms with Gasteiger partial charge < -0.3 is 5.11 Å². The lowest BCUT2D eigenvalue weighted by atomic mass is 10.2. The molecule has 0 radical (unpaired) electrons. The van der Waals surface area contributed by atoms with E-state index in [9.17, 15) is 4.79 Å². The van der Waals surface area contributed by atoms with E-state index in [-0.39, 0.29) is 5.56 Å². The minimum absolute atomic E-state index is 0.161. The molecule has 6 heteroatoms. The second-order valence-electron chi connectivity index (χ2n) is 3.60. The van der Waals surface area contributed by atoms with Crippen LogP contribution in [0.25, 0.3) is 0 Å². The number of halogens is 1. The summed E-state index contributed by atoms with van der Waals surface area (Å²) in [5.41, 5.74) is 1.14. The molecule has 0 fully saturated rings. The molecule has 1 heterocycles. The zero-order chi connectivity index (χ0) is 13.1. The van der Waals surface area contributed by atoms with Gasteiger partial charge in [-0.3, -0.25) is 0 Å². The van der Waals surface area contributed by atoms with Gasteiger partial charge >= 0.3 is 5.97 Å². The Morgan fingerprint density at radius 3 is 2.56 bits per heavy atom. The minimum Gasteiger partial charge on any atom is -0.478 e. The number of carboxylic acids is 1. The van der Waals surface area contributed by atoms with Gasteiger partial charge in [0.15, 0.2) is 5.16 Å². The van der Waals surface area contributed by atoms with Crippen LogP contribution >= 0.6 is 23.4 Å². The van der Waals surface area contributed by atoms with Gasteiger partial charge in [0.05, 0.1) is 10.6 Å². The standard InChI is InChI=1S/C12H9ClN2O2S/c1-7-5-14-12(15-6-7)18-10-3-2-8(11(16)17)4-9(10)13/h2-6H,1H3,(H,16,17). The summed E-state index contributed by atoms with van der Waals surface area (Å²) >= 11 is 7.31. The number of benzene rings is 1. The van der Waals surface area contributed by atoms with Gasteiger partial charge in [-0.1, -0.05) is 11.6 Å². The number of carbonyl (C=O) groups is 1. The number of hydrogen-bond donors (Lipinski definition) is 1. The fourth-order valence-electron chi connectivity index (χ4n) is 1.25. The molecule has 0 amide bonds. The van der Waals surface area contributed by atoms with E-state index in [1.165, 1.54) is 23.9 Å². The highest BCUT2D eigenvalue weighted by molar-refractivity contribution is 7.99. The van der Waals surface area contributed by atoms with Crippen molar-refractivity contribution in [1.29, 1.82) is 0 Å². The van der Waals surface area contributed by atoms with Crippen LogP contribution in [0.3, 0.4) is 0 Å². The number of nitrogens with zero attached hydrogens (tertiary/aromatic N) is 2. The molecule has 92 valence electrons. The average Bonchev–Trinajstić information content (AvgIpc) is 2.34. The molecule has 1 aromatic carbocycles. The van der Waals surface area contributed by atoms with Crippen molar-refractivity contribution in [3.05, 3.63) is 46.7 Å². The molecule has 1 N–H and O–H groups in total. The van der Waals surface area contributed by atoms with E-state index < -0.39 is 5.97 Å². The number of carboxylic acid groups (broad SMARTS) is 1. The van der Waals surface area contributed by atoms with Crippen LogP contribution in [0.4, 0.5) is 0 Å². The van der Waals surface area contributed by atoms with Crippen LogP contribution in [0.1, 0.15) is 15.9 Å². The van der Waals surface area contributed by atoms with Crippen LogP contribution in [-0.2, 0) is 0 Å². The Bertz CT molecular complexity index is 587. The van der Waals surface area contributed by atoms with Gasteiger partial charge in [0.25, 0.3) is 0 Å². The summed E-state index contributed by atoms with van der Waals surface area (Å²) in [6.45, 7) is 1.91. The van der Waals surface area contributed by atoms with Crippen LogP contribution in [0, 0.1) is 6.92 Å². The molecule has 0 saturated carbocycles. The van der Waals surface area contributed by atoms with Crippen molar-refractivity contribution in [1.82, 2.24) is 9.97 Å². The van der Waals surface area contributed by atoms with Gasteiger partial charge in [-0.2, -0.15) is 0 Å². The first-order valence-corrected chi connectivity index (χ1v) is 6.25. The molecule has 0 aliphatic carbocycles. The molecular formula is C12H9ClN2O2S. The van der Waals surface area contributed by atoms with Crippen LogP contribution in [0.5, 0.6) is 0 Å². The second-order valence-corrected chi connectivity index (χ2v) is 5.01. The van der Waals surface area contributed by atoms with Gasteiger partial charge in [-0.05, 0) is 42.4 Å². The molecule has 0 aliphatic rings. The maximum Gasteiger partial charge on any atom is 0.335 e. The highest BCUT2D eigenvalue weighted by Crippen LogP contribution is 2.31. The lowest BCUT2D eigenvalue weighted by Crippen LogP contribution is -1.95. The van der Waals surface area contributed by atoms with E-state index in [2.05, 4.69) is 9.97 Å². The smallest absolute Gasteiger partial charge is 0.335 e. The number of hydrogen-bond acceptors (Lipinski definition) is 4. The van der Waals surface area contributed by atoms with E-state index in [0.717, 1.165) is 10.5 Å². The summed E-state index contributed by atoms with van der Waals surface area (Å²) in [6.07, 6.45) is 3.43. The molecule has 0 saturated heterocycles. The first-order chi connectivity index (χ1) is 8.56. The van der Waals surface area contributed by atoms with Crippen LogP contribution in [-0.4, -0.2) is 21.0 Å². The summed E-state index contributed by atoms with van der Waals surface area (Å²) in [6, 6.07) is 4.57. The fraction of sp³-hybridized carbons (Fsp3) is 0.0833. The first kappa shape index (κ1) is 12.9. The lowest BCUT2D eigenvalue weighted by Gasteiger charge is -2.04. The third kappa shape index (κ3) is 3.00. The largest absolute Gasteiger partial charge is 0.478 e. The van der Waals surface area contributed by atoms with Crippen molar-refractivity contribution >= 4 is 29.3 Å². The Morgan fingerprint density at radius 2 is 2.00 bits per heavy atom. The normalized spacial score (nSPS) is 10.3. The first-order valence-electron chi connectivity index (χ1n) is 5.05.